The van der Waals surface area contributed by atoms with Crippen molar-refractivity contribution in [2.45, 2.75) is 16.9 Å². The van der Waals surface area contributed by atoms with Gasteiger partial charge in [-0.05, 0) is 6.07 Å². The number of rotatable bonds is 6. The van der Waals surface area contributed by atoms with E-state index in [9.17, 15) is 23.3 Å². The zero-order valence-corrected chi connectivity index (χ0v) is 17.4. The molecule has 10 heteroatoms. The molecular formula is C22H17N3O6S. The molecule has 1 N–H and O–H groups in total. The van der Waals surface area contributed by atoms with Crippen LogP contribution < -0.4 is 4.72 Å². The number of nitrogens with one attached hydrogen (secondary N) is 1. The van der Waals surface area contributed by atoms with Gasteiger partial charge in [0.1, 0.15) is 0 Å². The van der Waals surface area contributed by atoms with Crippen LogP contribution >= 0.6 is 0 Å². The fraction of sp³-hybridized carbons (Fsp3) is 0.0909. The standard InChI is InChI=1S/C22H17N3O6S/c26-21(24-32(29,30)20-14-8-7-13-19(20)25(27)28)18-15-22(31-23-18,16-9-3-1-4-10-16)17-11-5-2-6-12-17/h1-14H,15H2,(H,24,26). The fourth-order valence-corrected chi connectivity index (χ4v) is 4.66. The maximum Gasteiger partial charge on any atom is 0.289 e. The van der Waals surface area contributed by atoms with E-state index in [-0.39, 0.29) is 12.1 Å². The lowest BCUT2D eigenvalue weighted by Gasteiger charge is -2.27. The molecule has 162 valence electrons. The number of benzene rings is 3. The van der Waals surface area contributed by atoms with E-state index in [1.165, 1.54) is 12.1 Å². The Hall–Kier alpha value is -4.05. The van der Waals surface area contributed by atoms with Gasteiger partial charge in [0.05, 0.1) is 11.3 Å². The minimum atomic E-state index is -4.52. The Morgan fingerprint density at radius 3 is 2.03 bits per heavy atom. The Labute approximate surface area is 183 Å². The number of hydrogen-bond donors (Lipinski definition) is 1. The van der Waals surface area contributed by atoms with Crippen molar-refractivity contribution < 1.29 is 23.0 Å². The number of amides is 1. The second kappa shape index (κ2) is 8.23. The summed E-state index contributed by atoms with van der Waals surface area (Å²) in [5, 5.41) is 15.1. The zero-order valence-electron chi connectivity index (χ0n) is 16.5. The van der Waals surface area contributed by atoms with Gasteiger partial charge in [0, 0.05) is 17.2 Å². The number of para-hydroxylation sites is 1. The molecule has 4 rings (SSSR count). The summed E-state index contributed by atoms with van der Waals surface area (Å²) in [7, 11) is -4.52. The highest BCUT2D eigenvalue weighted by molar-refractivity contribution is 7.90. The zero-order chi connectivity index (χ0) is 22.8. The number of nitro benzene ring substituents is 1. The van der Waals surface area contributed by atoms with Gasteiger partial charge >= 0.3 is 0 Å². The van der Waals surface area contributed by atoms with Gasteiger partial charge in [-0.3, -0.25) is 14.9 Å². The molecule has 0 unspecified atom stereocenters. The van der Waals surface area contributed by atoms with Crippen molar-refractivity contribution in [3.63, 3.8) is 0 Å². The van der Waals surface area contributed by atoms with Crippen LogP contribution in [-0.2, 0) is 25.3 Å². The van der Waals surface area contributed by atoms with Crippen LogP contribution in [0.2, 0.25) is 0 Å². The molecule has 0 bridgehead atoms. The van der Waals surface area contributed by atoms with E-state index >= 15 is 0 Å². The van der Waals surface area contributed by atoms with Gasteiger partial charge in [-0.2, -0.15) is 0 Å². The Bertz CT molecular complexity index is 1270. The molecule has 0 atom stereocenters. The number of nitrogens with zero attached hydrogens (tertiary/aromatic N) is 2. The first-order valence-corrected chi connectivity index (χ1v) is 11.0. The molecule has 1 aliphatic heterocycles. The van der Waals surface area contributed by atoms with Gasteiger partial charge in [-0.15, -0.1) is 0 Å². The van der Waals surface area contributed by atoms with Crippen LogP contribution in [0.1, 0.15) is 17.5 Å². The van der Waals surface area contributed by atoms with Gasteiger partial charge < -0.3 is 4.84 Å². The third-order valence-electron chi connectivity index (χ3n) is 5.05. The minimum Gasteiger partial charge on any atom is -0.379 e. The first kappa shape index (κ1) is 21.2. The number of hydrogen-bond acceptors (Lipinski definition) is 7. The summed E-state index contributed by atoms with van der Waals surface area (Å²) in [5.74, 6) is -1.02. The van der Waals surface area contributed by atoms with Gasteiger partial charge in [-0.25, -0.2) is 13.1 Å². The van der Waals surface area contributed by atoms with Crippen LogP contribution in [0.4, 0.5) is 5.69 Å². The lowest BCUT2D eigenvalue weighted by Crippen LogP contribution is -2.37. The number of nitro groups is 1. The average Bonchev–Trinajstić information content (AvgIpc) is 3.27. The highest BCUT2D eigenvalue weighted by Gasteiger charge is 2.45. The molecule has 0 aliphatic carbocycles. The quantitative estimate of drug-likeness (QED) is 0.453. The largest absolute Gasteiger partial charge is 0.379 e. The highest BCUT2D eigenvalue weighted by Crippen LogP contribution is 2.41. The smallest absolute Gasteiger partial charge is 0.289 e. The molecule has 0 aromatic heterocycles. The Kier molecular flexibility index (Phi) is 5.45. The van der Waals surface area contributed by atoms with Crippen LogP contribution in [0.25, 0.3) is 0 Å². The van der Waals surface area contributed by atoms with E-state index in [4.69, 9.17) is 4.84 Å². The summed E-state index contributed by atoms with van der Waals surface area (Å²) in [6, 6.07) is 23.0. The SMILES string of the molecule is O=C(NS(=O)(=O)c1ccccc1[N+](=O)[O-])C1=NOC(c2ccccc2)(c2ccccc2)C1. The third kappa shape index (κ3) is 3.83. The average molecular weight is 451 g/mol. The van der Waals surface area contributed by atoms with Crippen LogP contribution in [0, 0.1) is 10.1 Å². The number of carbonyl (C=O) groups excluding carboxylic acids is 1. The lowest BCUT2D eigenvalue weighted by atomic mass is 9.82. The molecule has 0 fully saturated rings. The van der Waals surface area contributed by atoms with Crippen LogP contribution in [-0.4, -0.2) is 25.0 Å². The Morgan fingerprint density at radius 1 is 0.938 bits per heavy atom. The molecule has 0 spiro atoms. The number of oxime groups is 1. The number of carbonyl (C=O) groups is 1. The summed E-state index contributed by atoms with van der Waals surface area (Å²) >= 11 is 0. The van der Waals surface area contributed by atoms with Crippen molar-refractivity contribution >= 4 is 27.3 Å². The maximum atomic E-state index is 12.8. The lowest BCUT2D eigenvalue weighted by molar-refractivity contribution is -0.387. The molecule has 9 nitrogen and oxygen atoms in total. The molecule has 32 heavy (non-hydrogen) atoms. The van der Waals surface area contributed by atoms with Crippen LogP contribution in [0.15, 0.2) is 95.0 Å². The first-order chi connectivity index (χ1) is 15.3. The van der Waals surface area contributed by atoms with E-state index in [1.807, 2.05) is 65.4 Å². The van der Waals surface area contributed by atoms with Crippen molar-refractivity contribution in [1.82, 2.24) is 4.72 Å². The molecule has 0 saturated carbocycles. The van der Waals surface area contributed by atoms with Crippen molar-refractivity contribution in [1.29, 1.82) is 0 Å². The van der Waals surface area contributed by atoms with Gasteiger partial charge in [0.2, 0.25) is 0 Å². The summed E-state index contributed by atoms with van der Waals surface area (Å²) in [6.07, 6.45) is -0.0285. The molecule has 0 radical (unpaired) electrons. The van der Waals surface area contributed by atoms with Crippen LogP contribution in [0.3, 0.4) is 0 Å². The summed E-state index contributed by atoms with van der Waals surface area (Å²) in [6.45, 7) is 0. The van der Waals surface area contributed by atoms with Gasteiger partial charge in [-0.1, -0.05) is 78.0 Å². The summed E-state index contributed by atoms with van der Waals surface area (Å²) in [5.41, 5.74) is -0.434. The molecule has 3 aromatic rings. The second-order valence-corrected chi connectivity index (χ2v) is 8.68. The highest BCUT2D eigenvalue weighted by atomic mass is 32.2. The van der Waals surface area contributed by atoms with Crippen molar-refractivity contribution in [2.24, 2.45) is 5.16 Å². The Morgan fingerprint density at radius 2 is 1.47 bits per heavy atom. The third-order valence-corrected chi connectivity index (χ3v) is 6.43. The molecule has 1 heterocycles. The molecule has 0 saturated heterocycles. The Balaban J connectivity index is 1.63. The van der Waals surface area contributed by atoms with Gasteiger partial charge in [0.15, 0.2) is 16.2 Å². The van der Waals surface area contributed by atoms with E-state index in [2.05, 4.69) is 5.16 Å². The van der Waals surface area contributed by atoms with E-state index < -0.39 is 37.0 Å². The second-order valence-electron chi connectivity index (χ2n) is 7.02. The predicted octanol–water partition coefficient (Wildman–Crippen LogP) is 3.12. The minimum absolute atomic E-state index is 0.0285. The van der Waals surface area contributed by atoms with E-state index in [0.717, 1.165) is 23.3 Å². The molecular weight excluding hydrogens is 434 g/mol. The van der Waals surface area contributed by atoms with Crippen molar-refractivity contribution in [3.8, 4) is 0 Å². The summed E-state index contributed by atoms with van der Waals surface area (Å²) < 4.78 is 27.3. The predicted molar refractivity (Wildman–Crippen MR) is 115 cm³/mol. The van der Waals surface area contributed by atoms with Crippen LogP contribution in [0.5, 0.6) is 0 Å². The van der Waals surface area contributed by atoms with E-state index in [0.29, 0.717) is 0 Å². The van der Waals surface area contributed by atoms with E-state index in [1.54, 1.807) is 0 Å². The maximum absolute atomic E-state index is 12.8. The monoisotopic (exact) mass is 451 g/mol. The normalized spacial score (nSPS) is 14.8. The first-order valence-electron chi connectivity index (χ1n) is 9.50. The number of sulfonamides is 1. The summed E-state index contributed by atoms with van der Waals surface area (Å²) in [4.78, 5) is 28.3. The van der Waals surface area contributed by atoms with Gasteiger partial charge in [0.25, 0.3) is 21.6 Å². The van der Waals surface area contributed by atoms with Crippen molar-refractivity contribution in [2.75, 3.05) is 0 Å². The molecule has 1 amide bonds. The molecule has 3 aromatic carbocycles. The van der Waals surface area contributed by atoms with Crippen molar-refractivity contribution in [3.05, 3.63) is 106 Å². The topological polar surface area (TPSA) is 128 Å². The fourth-order valence-electron chi connectivity index (χ4n) is 3.52. The molecule has 1 aliphatic rings.